The number of rotatable bonds is 3. The number of aryl methyl sites for hydroxylation is 1. The van der Waals surface area contributed by atoms with Gasteiger partial charge in [0.1, 0.15) is 0 Å². The highest BCUT2D eigenvalue weighted by atomic mass is 79.9. The summed E-state index contributed by atoms with van der Waals surface area (Å²) in [6, 6.07) is 2.40. The molecule has 2 aromatic heterocycles. The molecule has 0 fully saturated rings. The van der Waals surface area contributed by atoms with Crippen LogP contribution in [0.25, 0.3) is 0 Å². The van der Waals surface area contributed by atoms with E-state index in [4.69, 9.17) is 5.73 Å². The average molecular weight is 326 g/mol. The molecule has 1 atom stereocenters. The first-order valence-electron chi connectivity index (χ1n) is 6.28. The summed E-state index contributed by atoms with van der Waals surface area (Å²) in [6.45, 7) is 0.621. The first-order valence-corrected chi connectivity index (χ1v) is 7.95. The lowest BCUT2D eigenvalue weighted by molar-refractivity contribution is 0.553. The lowest BCUT2D eigenvalue weighted by Crippen LogP contribution is -2.21. The lowest BCUT2D eigenvalue weighted by atomic mass is 10.0. The van der Waals surface area contributed by atoms with E-state index in [9.17, 15) is 0 Å². The Morgan fingerprint density at radius 2 is 2.28 bits per heavy atom. The van der Waals surface area contributed by atoms with Gasteiger partial charge in [-0.25, -0.2) is 4.98 Å². The lowest BCUT2D eigenvalue weighted by Gasteiger charge is -2.20. The molecule has 0 aromatic carbocycles. The molecule has 1 aliphatic carbocycles. The van der Waals surface area contributed by atoms with Crippen molar-refractivity contribution in [2.75, 3.05) is 6.54 Å². The van der Waals surface area contributed by atoms with Gasteiger partial charge in [-0.15, -0.1) is 11.3 Å². The van der Waals surface area contributed by atoms with Gasteiger partial charge < -0.3 is 10.3 Å². The second-order valence-corrected chi connectivity index (χ2v) is 6.53. The number of imidazole rings is 1. The number of thiophene rings is 1. The number of aromatic nitrogens is 2. The minimum absolute atomic E-state index is 0.232. The zero-order valence-electron chi connectivity index (χ0n) is 10.1. The predicted octanol–water partition coefficient (Wildman–Crippen LogP) is 3.13. The normalized spacial score (nSPS) is 16.6. The molecule has 0 spiro atoms. The first kappa shape index (κ1) is 12.4. The average Bonchev–Trinajstić information content (AvgIpc) is 2.98. The van der Waals surface area contributed by atoms with Crippen molar-refractivity contribution in [3.8, 4) is 0 Å². The number of hydrogen-bond acceptors (Lipinski definition) is 3. The van der Waals surface area contributed by atoms with E-state index in [-0.39, 0.29) is 6.04 Å². The number of fused-ring (bicyclic) bond motifs is 1. The minimum atomic E-state index is 0.232. The number of hydrogen-bond donors (Lipinski definition) is 1. The van der Waals surface area contributed by atoms with E-state index in [2.05, 4.69) is 36.9 Å². The van der Waals surface area contributed by atoms with Gasteiger partial charge in [0.2, 0.25) is 0 Å². The van der Waals surface area contributed by atoms with Gasteiger partial charge in [-0.1, -0.05) is 0 Å². The molecule has 3 nitrogen and oxygen atoms in total. The summed E-state index contributed by atoms with van der Waals surface area (Å²) in [5.74, 6) is 0. The summed E-state index contributed by atoms with van der Waals surface area (Å²) in [5, 5.41) is 2.11. The quantitative estimate of drug-likeness (QED) is 0.942. The van der Waals surface area contributed by atoms with Crippen LogP contribution in [0.3, 0.4) is 0 Å². The van der Waals surface area contributed by atoms with E-state index in [1.807, 2.05) is 6.33 Å². The summed E-state index contributed by atoms with van der Waals surface area (Å²) in [6.07, 6.45) is 6.76. The van der Waals surface area contributed by atoms with Crippen LogP contribution in [0.15, 0.2) is 22.2 Å². The molecular weight excluding hydrogens is 310 g/mol. The van der Waals surface area contributed by atoms with Crippen LogP contribution in [0.4, 0.5) is 0 Å². The summed E-state index contributed by atoms with van der Waals surface area (Å²) in [7, 11) is 0. The van der Waals surface area contributed by atoms with Crippen LogP contribution in [0.1, 0.15) is 35.1 Å². The Bertz CT molecular complexity index is 546. The largest absolute Gasteiger partial charge is 0.328 e. The molecule has 1 unspecified atom stereocenters. The van der Waals surface area contributed by atoms with Crippen LogP contribution >= 0.6 is 27.3 Å². The number of nitrogens with zero attached hydrogens (tertiary/aromatic N) is 2. The highest BCUT2D eigenvalue weighted by Crippen LogP contribution is 2.31. The van der Waals surface area contributed by atoms with Crippen molar-refractivity contribution in [1.29, 1.82) is 0 Å². The maximum absolute atomic E-state index is 5.98. The second-order valence-electron chi connectivity index (χ2n) is 4.67. The van der Waals surface area contributed by atoms with E-state index in [0.717, 1.165) is 17.3 Å². The Morgan fingerprint density at radius 3 is 3.00 bits per heavy atom. The molecule has 18 heavy (non-hydrogen) atoms. The van der Waals surface area contributed by atoms with Gasteiger partial charge in [0.25, 0.3) is 0 Å². The van der Waals surface area contributed by atoms with Crippen LogP contribution in [0.5, 0.6) is 0 Å². The van der Waals surface area contributed by atoms with Gasteiger partial charge in [0.15, 0.2) is 0 Å². The van der Waals surface area contributed by atoms with E-state index in [1.165, 1.54) is 29.1 Å². The fraction of sp³-hybridized carbons (Fsp3) is 0.462. The van der Waals surface area contributed by atoms with Crippen LogP contribution in [0, 0.1) is 0 Å². The Kier molecular flexibility index (Phi) is 3.54. The third kappa shape index (κ3) is 2.15. The molecule has 0 radical (unpaired) electrons. The Hall–Kier alpha value is -0.650. The smallest absolute Gasteiger partial charge is 0.0958 e. The van der Waals surface area contributed by atoms with Crippen molar-refractivity contribution in [3.63, 3.8) is 0 Å². The Balaban J connectivity index is 1.99. The topological polar surface area (TPSA) is 43.8 Å². The summed E-state index contributed by atoms with van der Waals surface area (Å²) in [4.78, 5) is 5.86. The molecule has 96 valence electrons. The van der Waals surface area contributed by atoms with Gasteiger partial charge in [-0.05, 0) is 47.7 Å². The number of halogens is 1. The highest BCUT2D eigenvalue weighted by Gasteiger charge is 2.21. The third-order valence-electron chi connectivity index (χ3n) is 3.54. The van der Waals surface area contributed by atoms with Crippen molar-refractivity contribution in [2.24, 2.45) is 5.73 Å². The molecule has 2 N–H and O–H groups in total. The Labute approximate surface area is 119 Å². The van der Waals surface area contributed by atoms with Gasteiger partial charge in [0.05, 0.1) is 18.1 Å². The molecule has 0 saturated heterocycles. The maximum Gasteiger partial charge on any atom is 0.0958 e. The number of nitrogens with two attached hydrogens (primary N) is 1. The van der Waals surface area contributed by atoms with Crippen LogP contribution < -0.4 is 5.73 Å². The van der Waals surface area contributed by atoms with E-state index < -0.39 is 0 Å². The molecule has 0 bridgehead atoms. The van der Waals surface area contributed by atoms with E-state index >= 15 is 0 Å². The molecule has 2 heterocycles. The van der Waals surface area contributed by atoms with Gasteiger partial charge in [-0.2, -0.15) is 0 Å². The van der Waals surface area contributed by atoms with Crippen molar-refractivity contribution in [1.82, 2.24) is 9.55 Å². The van der Waals surface area contributed by atoms with Crippen molar-refractivity contribution in [2.45, 2.75) is 31.7 Å². The molecule has 0 amide bonds. The fourth-order valence-corrected chi connectivity index (χ4v) is 4.19. The molecule has 0 saturated carbocycles. The van der Waals surface area contributed by atoms with E-state index in [1.54, 1.807) is 11.3 Å². The molecule has 2 aromatic rings. The Morgan fingerprint density at radius 1 is 1.44 bits per heavy atom. The third-order valence-corrected chi connectivity index (χ3v) is 5.33. The first-order chi connectivity index (χ1) is 8.79. The van der Waals surface area contributed by atoms with Gasteiger partial charge >= 0.3 is 0 Å². The second kappa shape index (κ2) is 5.15. The molecule has 3 rings (SSSR count). The predicted molar refractivity (Wildman–Crippen MR) is 78.1 cm³/mol. The standard InChI is InChI=1S/C13H16BrN3S/c14-9-5-13(18-7-9)12(6-15)17-8-16-10-3-1-2-4-11(10)17/h5,7-8,12H,1-4,6,15H2. The van der Waals surface area contributed by atoms with Crippen LogP contribution in [-0.4, -0.2) is 16.1 Å². The molecule has 0 aliphatic heterocycles. The zero-order chi connectivity index (χ0) is 12.5. The van der Waals surface area contributed by atoms with Crippen LogP contribution in [-0.2, 0) is 12.8 Å². The van der Waals surface area contributed by atoms with Crippen molar-refractivity contribution in [3.05, 3.63) is 38.5 Å². The molecule has 1 aliphatic rings. The summed E-state index contributed by atoms with van der Waals surface area (Å²) < 4.78 is 3.42. The summed E-state index contributed by atoms with van der Waals surface area (Å²) in [5.41, 5.74) is 8.64. The zero-order valence-corrected chi connectivity index (χ0v) is 12.5. The summed E-state index contributed by atoms with van der Waals surface area (Å²) >= 11 is 5.27. The molecule has 5 heteroatoms. The highest BCUT2D eigenvalue weighted by molar-refractivity contribution is 9.10. The maximum atomic E-state index is 5.98. The monoisotopic (exact) mass is 325 g/mol. The van der Waals surface area contributed by atoms with Crippen molar-refractivity contribution >= 4 is 27.3 Å². The van der Waals surface area contributed by atoms with Gasteiger partial charge in [0, 0.05) is 27.0 Å². The SMILES string of the molecule is NCC(c1cc(Br)cs1)n1cnc2c1CCCC2. The minimum Gasteiger partial charge on any atom is -0.328 e. The fourth-order valence-electron chi connectivity index (χ4n) is 2.63. The van der Waals surface area contributed by atoms with E-state index in [0.29, 0.717) is 6.54 Å². The molecular formula is C13H16BrN3S. The van der Waals surface area contributed by atoms with Crippen molar-refractivity contribution < 1.29 is 0 Å². The van der Waals surface area contributed by atoms with Gasteiger partial charge in [-0.3, -0.25) is 0 Å². The van der Waals surface area contributed by atoms with Crippen LogP contribution in [0.2, 0.25) is 0 Å².